The molecule has 2 aromatic rings. The van der Waals surface area contributed by atoms with Crippen LogP contribution < -0.4 is 0 Å². The first kappa shape index (κ1) is 12.4. The maximum absolute atomic E-state index is 5.92. The van der Waals surface area contributed by atoms with E-state index in [0.29, 0.717) is 13.2 Å². The summed E-state index contributed by atoms with van der Waals surface area (Å²) in [5, 5.41) is 0. The number of benzene rings is 2. The van der Waals surface area contributed by atoms with Crippen molar-refractivity contribution in [2.75, 3.05) is 13.2 Å². The Bertz CT molecular complexity index is 487. The zero-order chi connectivity index (χ0) is 12.9. The Labute approximate surface area is 114 Å². The van der Waals surface area contributed by atoms with Gasteiger partial charge in [-0.15, -0.1) is 0 Å². The predicted molar refractivity (Wildman–Crippen MR) is 75.0 cm³/mol. The normalized spacial score (nSPS) is 23.2. The highest BCUT2D eigenvalue weighted by molar-refractivity contribution is 5.18. The SMILES string of the molecule is c1ccc(CC2COC(c3ccccc3)CO2)cc1. The molecule has 2 heteroatoms. The minimum atomic E-state index is 0.0771. The third kappa shape index (κ3) is 3.22. The van der Waals surface area contributed by atoms with E-state index in [1.807, 2.05) is 24.3 Å². The van der Waals surface area contributed by atoms with Gasteiger partial charge in [-0.2, -0.15) is 0 Å². The van der Waals surface area contributed by atoms with Crippen molar-refractivity contribution in [3.63, 3.8) is 0 Å². The molecule has 0 bridgehead atoms. The Morgan fingerprint density at radius 1 is 0.789 bits per heavy atom. The summed E-state index contributed by atoms with van der Waals surface area (Å²) in [6.45, 7) is 1.30. The fraction of sp³-hybridized carbons (Fsp3) is 0.294. The summed E-state index contributed by atoms with van der Waals surface area (Å²) in [6, 6.07) is 20.7. The van der Waals surface area contributed by atoms with E-state index in [9.17, 15) is 0 Å². The standard InChI is InChI=1S/C17H18O2/c1-3-7-14(8-4-1)11-16-12-19-17(13-18-16)15-9-5-2-6-10-15/h1-10,16-17H,11-13H2. The Morgan fingerprint density at radius 3 is 2.11 bits per heavy atom. The first-order valence-electron chi connectivity index (χ1n) is 6.74. The van der Waals surface area contributed by atoms with Crippen LogP contribution in [0.3, 0.4) is 0 Å². The summed E-state index contributed by atoms with van der Waals surface area (Å²) in [7, 11) is 0. The van der Waals surface area contributed by atoms with Crippen LogP contribution in [0.1, 0.15) is 17.2 Å². The highest BCUT2D eigenvalue weighted by atomic mass is 16.6. The molecule has 2 nitrogen and oxygen atoms in total. The third-order valence-corrected chi connectivity index (χ3v) is 3.44. The highest BCUT2D eigenvalue weighted by Crippen LogP contribution is 2.23. The van der Waals surface area contributed by atoms with Crippen LogP contribution in [-0.4, -0.2) is 19.3 Å². The van der Waals surface area contributed by atoms with E-state index in [4.69, 9.17) is 9.47 Å². The molecule has 0 aromatic heterocycles. The second kappa shape index (κ2) is 6.00. The van der Waals surface area contributed by atoms with Gasteiger partial charge >= 0.3 is 0 Å². The Hall–Kier alpha value is -1.64. The first-order valence-corrected chi connectivity index (χ1v) is 6.74. The van der Waals surface area contributed by atoms with Crippen LogP contribution in [0.5, 0.6) is 0 Å². The molecule has 0 amide bonds. The van der Waals surface area contributed by atoms with Gasteiger partial charge in [0.1, 0.15) is 6.10 Å². The molecule has 0 aliphatic carbocycles. The predicted octanol–water partition coefficient (Wildman–Crippen LogP) is 3.39. The van der Waals surface area contributed by atoms with Gasteiger partial charge in [-0.3, -0.25) is 0 Å². The molecule has 0 spiro atoms. The van der Waals surface area contributed by atoms with Crippen LogP contribution in [0.15, 0.2) is 60.7 Å². The summed E-state index contributed by atoms with van der Waals surface area (Å²) in [6.07, 6.45) is 1.16. The average Bonchev–Trinajstić information content (AvgIpc) is 2.50. The maximum Gasteiger partial charge on any atom is 0.106 e. The monoisotopic (exact) mass is 254 g/mol. The summed E-state index contributed by atoms with van der Waals surface area (Å²) >= 11 is 0. The summed E-state index contributed by atoms with van der Waals surface area (Å²) in [4.78, 5) is 0. The molecule has 1 saturated heterocycles. The van der Waals surface area contributed by atoms with Crippen molar-refractivity contribution in [1.82, 2.24) is 0 Å². The van der Waals surface area contributed by atoms with Crippen LogP contribution in [0, 0.1) is 0 Å². The van der Waals surface area contributed by atoms with Crippen LogP contribution in [-0.2, 0) is 15.9 Å². The Balaban J connectivity index is 1.55. The molecule has 19 heavy (non-hydrogen) atoms. The lowest BCUT2D eigenvalue weighted by Crippen LogP contribution is -2.32. The lowest BCUT2D eigenvalue weighted by atomic mass is 10.1. The Kier molecular flexibility index (Phi) is 3.92. The van der Waals surface area contributed by atoms with Crippen LogP contribution in [0.4, 0.5) is 0 Å². The lowest BCUT2D eigenvalue weighted by molar-refractivity contribution is -0.134. The van der Waals surface area contributed by atoms with Gasteiger partial charge in [0.25, 0.3) is 0 Å². The van der Waals surface area contributed by atoms with Crippen LogP contribution in [0.2, 0.25) is 0 Å². The molecule has 2 aromatic carbocycles. The summed E-state index contributed by atoms with van der Waals surface area (Å²) in [5.74, 6) is 0. The van der Waals surface area contributed by atoms with Crippen molar-refractivity contribution < 1.29 is 9.47 Å². The third-order valence-electron chi connectivity index (χ3n) is 3.44. The molecule has 1 heterocycles. The maximum atomic E-state index is 5.92. The van der Waals surface area contributed by atoms with Gasteiger partial charge in [-0.05, 0) is 11.1 Å². The average molecular weight is 254 g/mol. The van der Waals surface area contributed by atoms with Gasteiger partial charge in [0.05, 0.1) is 19.3 Å². The molecule has 1 aliphatic heterocycles. The van der Waals surface area contributed by atoms with Gasteiger partial charge in [-0.25, -0.2) is 0 Å². The highest BCUT2D eigenvalue weighted by Gasteiger charge is 2.23. The first-order chi connectivity index (χ1) is 9.42. The number of rotatable bonds is 3. The number of ether oxygens (including phenoxy) is 2. The van der Waals surface area contributed by atoms with E-state index in [0.717, 1.165) is 6.42 Å². The molecule has 98 valence electrons. The Morgan fingerprint density at radius 2 is 1.47 bits per heavy atom. The lowest BCUT2D eigenvalue weighted by Gasteiger charge is -2.30. The quantitative estimate of drug-likeness (QED) is 0.836. The van der Waals surface area contributed by atoms with E-state index in [1.54, 1.807) is 0 Å². The van der Waals surface area contributed by atoms with E-state index in [1.165, 1.54) is 11.1 Å². The van der Waals surface area contributed by atoms with E-state index >= 15 is 0 Å². The molecule has 0 saturated carbocycles. The second-order valence-corrected chi connectivity index (χ2v) is 4.88. The van der Waals surface area contributed by atoms with Gasteiger partial charge < -0.3 is 9.47 Å². The zero-order valence-electron chi connectivity index (χ0n) is 10.9. The van der Waals surface area contributed by atoms with Gasteiger partial charge in [0.15, 0.2) is 0 Å². The number of hydrogen-bond donors (Lipinski definition) is 0. The molecule has 2 unspecified atom stereocenters. The van der Waals surface area contributed by atoms with Crippen LogP contribution >= 0.6 is 0 Å². The molecule has 1 aliphatic rings. The summed E-state index contributed by atoms with van der Waals surface area (Å²) in [5.41, 5.74) is 2.50. The minimum Gasteiger partial charge on any atom is -0.372 e. The molecular formula is C17H18O2. The van der Waals surface area contributed by atoms with Crippen molar-refractivity contribution >= 4 is 0 Å². The molecule has 1 fully saturated rings. The topological polar surface area (TPSA) is 18.5 Å². The summed E-state index contributed by atoms with van der Waals surface area (Å²) < 4.78 is 11.8. The van der Waals surface area contributed by atoms with E-state index < -0.39 is 0 Å². The van der Waals surface area contributed by atoms with E-state index in [2.05, 4.69) is 36.4 Å². The fourth-order valence-corrected chi connectivity index (χ4v) is 2.40. The van der Waals surface area contributed by atoms with Crippen molar-refractivity contribution in [2.45, 2.75) is 18.6 Å². The minimum absolute atomic E-state index is 0.0771. The largest absolute Gasteiger partial charge is 0.372 e. The molecule has 0 radical (unpaired) electrons. The molecule has 3 rings (SSSR count). The number of hydrogen-bond acceptors (Lipinski definition) is 2. The molecule has 0 N–H and O–H groups in total. The zero-order valence-corrected chi connectivity index (χ0v) is 10.9. The van der Waals surface area contributed by atoms with E-state index in [-0.39, 0.29) is 12.2 Å². The van der Waals surface area contributed by atoms with Crippen molar-refractivity contribution in [3.05, 3.63) is 71.8 Å². The van der Waals surface area contributed by atoms with Crippen molar-refractivity contribution in [1.29, 1.82) is 0 Å². The molecular weight excluding hydrogens is 236 g/mol. The van der Waals surface area contributed by atoms with Crippen LogP contribution in [0.25, 0.3) is 0 Å². The smallest absolute Gasteiger partial charge is 0.106 e. The fourth-order valence-electron chi connectivity index (χ4n) is 2.40. The van der Waals surface area contributed by atoms with Crippen molar-refractivity contribution in [2.24, 2.45) is 0 Å². The van der Waals surface area contributed by atoms with Crippen molar-refractivity contribution in [3.8, 4) is 0 Å². The second-order valence-electron chi connectivity index (χ2n) is 4.88. The van der Waals surface area contributed by atoms with Gasteiger partial charge in [0.2, 0.25) is 0 Å². The van der Waals surface area contributed by atoms with Gasteiger partial charge in [0, 0.05) is 6.42 Å². The van der Waals surface area contributed by atoms with Gasteiger partial charge in [-0.1, -0.05) is 60.7 Å². The molecule has 2 atom stereocenters.